The summed E-state index contributed by atoms with van der Waals surface area (Å²) in [7, 11) is -3.79. The van der Waals surface area contributed by atoms with Crippen LogP contribution in [0.2, 0.25) is 10.0 Å². The maximum Gasteiger partial charge on any atom is 0.244 e. The molecule has 0 aromatic heterocycles. The van der Waals surface area contributed by atoms with E-state index in [1.807, 2.05) is 26.8 Å². The third-order valence-electron chi connectivity index (χ3n) is 6.85. The summed E-state index contributed by atoms with van der Waals surface area (Å²) < 4.78 is 26.8. The van der Waals surface area contributed by atoms with Crippen molar-refractivity contribution in [2.75, 3.05) is 17.1 Å². The average molecular weight is 583 g/mol. The number of sulfonamides is 1. The van der Waals surface area contributed by atoms with Gasteiger partial charge < -0.3 is 10.2 Å². The summed E-state index contributed by atoms with van der Waals surface area (Å²) in [5.41, 5.74) is 2.86. The van der Waals surface area contributed by atoms with Gasteiger partial charge in [-0.25, -0.2) is 8.42 Å². The molecule has 2 aromatic carbocycles. The summed E-state index contributed by atoms with van der Waals surface area (Å²) in [4.78, 5) is 28.8. The Morgan fingerprint density at radius 2 is 1.63 bits per heavy atom. The molecule has 2 amide bonds. The highest BCUT2D eigenvalue weighted by Crippen LogP contribution is 2.26. The number of halogens is 2. The van der Waals surface area contributed by atoms with Crippen molar-refractivity contribution in [2.24, 2.45) is 0 Å². The van der Waals surface area contributed by atoms with Crippen LogP contribution in [-0.4, -0.2) is 50.0 Å². The van der Waals surface area contributed by atoms with Gasteiger partial charge in [-0.05, 0) is 74.1 Å². The lowest BCUT2D eigenvalue weighted by Gasteiger charge is -2.34. The zero-order valence-corrected chi connectivity index (χ0v) is 24.8. The predicted octanol–water partition coefficient (Wildman–Crippen LogP) is 5.63. The van der Waals surface area contributed by atoms with Gasteiger partial charge in [-0.3, -0.25) is 13.9 Å². The molecule has 2 aromatic rings. The van der Waals surface area contributed by atoms with Gasteiger partial charge in [0.1, 0.15) is 12.6 Å². The van der Waals surface area contributed by atoms with Gasteiger partial charge in [0.25, 0.3) is 0 Å². The molecule has 38 heavy (non-hydrogen) atoms. The van der Waals surface area contributed by atoms with Crippen LogP contribution in [-0.2, 0) is 26.2 Å². The van der Waals surface area contributed by atoms with E-state index in [0.717, 1.165) is 53.8 Å². The van der Waals surface area contributed by atoms with Crippen molar-refractivity contribution in [2.45, 2.75) is 77.9 Å². The SMILES string of the molecule is CC[C@H](C(=O)NC1CCCCC1)N(Cc1ccc(Cl)c(Cl)c1)C(=O)CN(c1cc(C)cc(C)c1)S(C)(=O)=O. The highest BCUT2D eigenvalue weighted by molar-refractivity contribution is 7.92. The van der Waals surface area contributed by atoms with E-state index in [-0.39, 0.29) is 18.5 Å². The Morgan fingerprint density at radius 1 is 1.00 bits per heavy atom. The van der Waals surface area contributed by atoms with Crippen molar-refractivity contribution < 1.29 is 18.0 Å². The molecule has 10 heteroatoms. The van der Waals surface area contributed by atoms with Crippen molar-refractivity contribution in [3.63, 3.8) is 0 Å². The molecule has 0 unspecified atom stereocenters. The number of amides is 2. The Hall–Kier alpha value is -2.29. The Bertz CT molecular complexity index is 1240. The molecule has 0 spiro atoms. The van der Waals surface area contributed by atoms with E-state index < -0.39 is 28.5 Å². The molecule has 1 atom stereocenters. The van der Waals surface area contributed by atoms with Crippen LogP contribution in [0.4, 0.5) is 5.69 Å². The van der Waals surface area contributed by atoms with Gasteiger partial charge in [-0.2, -0.15) is 0 Å². The first-order chi connectivity index (χ1) is 17.9. The summed E-state index contributed by atoms with van der Waals surface area (Å²) in [6, 6.07) is 9.76. The first kappa shape index (κ1) is 30.3. The quantitative estimate of drug-likeness (QED) is 0.393. The van der Waals surface area contributed by atoms with Crippen molar-refractivity contribution in [1.82, 2.24) is 10.2 Å². The third-order valence-corrected chi connectivity index (χ3v) is 8.73. The predicted molar refractivity (Wildman–Crippen MR) is 154 cm³/mol. The third kappa shape index (κ3) is 8.10. The molecule has 1 N–H and O–H groups in total. The van der Waals surface area contributed by atoms with Crippen molar-refractivity contribution in [3.05, 3.63) is 63.1 Å². The summed E-state index contributed by atoms with van der Waals surface area (Å²) >= 11 is 12.3. The minimum Gasteiger partial charge on any atom is -0.352 e. The van der Waals surface area contributed by atoms with E-state index >= 15 is 0 Å². The summed E-state index contributed by atoms with van der Waals surface area (Å²) in [5, 5.41) is 3.85. The Morgan fingerprint density at radius 3 is 2.18 bits per heavy atom. The van der Waals surface area contributed by atoms with Crippen molar-refractivity contribution in [1.29, 1.82) is 0 Å². The number of carbonyl (C=O) groups is 2. The number of nitrogens with zero attached hydrogens (tertiary/aromatic N) is 2. The van der Waals surface area contributed by atoms with Gasteiger partial charge in [0, 0.05) is 12.6 Å². The largest absolute Gasteiger partial charge is 0.352 e. The number of anilines is 1. The van der Waals surface area contributed by atoms with E-state index in [1.54, 1.807) is 30.3 Å². The molecule has 3 rings (SSSR count). The molecule has 1 aliphatic rings. The molecule has 1 aliphatic carbocycles. The Kier molecular flexibility index (Phi) is 10.5. The smallest absolute Gasteiger partial charge is 0.244 e. The molecule has 0 heterocycles. The van der Waals surface area contributed by atoms with Crippen LogP contribution in [0, 0.1) is 13.8 Å². The molecule has 0 aliphatic heterocycles. The maximum atomic E-state index is 13.9. The van der Waals surface area contributed by atoms with Crippen molar-refractivity contribution in [3.8, 4) is 0 Å². The van der Waals surface area contributed by atoms with Gasteiger partial charge in [0.15, 0.2) is 0 Å². The van der Waals surface area contributed by atoms with Gasteiger partial charge in [0.2, 0.25) is 21.8 Å². The molecular formula is C28H37Cl2N3O4S. The molecule has 0 radical (unpaired) electrons. The molecular weight excluding hydrogens is 545 g/mol. The summed E-state index contributed by atoms with van der Waals surface area (Å²) in [6.45, 7) is 5.24. The van der Waals surface area contributed by atoms with Crippen LogP contribution < -0.4 is 9.62 Å². The topological polar surface area (TPSA) is 86.8 Å². The number of hydrogen-bond acceptors (Lipinski definition) is 4. The Balaban J connectivity index is 1.95. The van der Waals surface area contributed by atoms with Crippen LogP contribution in [0.5, 0.6) is 0 Å². The number of rotatable bonds is 10. The highest BCUT2D eigenvalue weighted by atomic mass is 35.5. The van der Waals surface area contributed by atoms with Crippen LogP contribution in [0.15, 0.2) is 36.4 Å². The molecule has 1 fully saturated rings. The highest BCUT2D eigenvalue weighted by Gasteiger charge is 2.33. The van der Waals surface area contributed by atoms with Gasteiger partial charge in [0.05, 0.1) is 22.0 Å². The number of hydrogen-bond donors (Lipinski definition) is 1. The zero-order valence-electron chi connectivity index (χ0n) is 22.5. The monoisotopic (exact) mass is 581 g/mol. The minimum absolute atomic E-state index is 0.0787. The fourth-order valence-electron chi connectivity index (χ4n) is 5.01. The number of benzene rings is 2. The van der Waals surface area contributed by atoms with E-state index in [9.17, 15) is 18.0 Å². The fourth-order valence-corrected chi connectivity index (χ4v) is 6.16. The lowest BCUT2D eigenvalue weighted by atomic mass is 9.95. The van der Waals surface area contributed by atoms with Crippen LogP contribution >= 0.6 is 23.2 Å². The van der Waals surface area contributed by atoms with Gasteiger partial charge in [-0.1, -0.05) is 61.5 Å². The van der Waals surface area contributed by atoms with Gasteiger partial charge in [-0.15, -0.1) is 0 Å². The second kappa shape index (κ2) is 13.2. The number of aryl methyl sites for hydroxylation is 2. The first-order valence-corrected chi connectivity index (χ1v) is 15.6. The maximum absolute atomic E-state index is 13.9. The molecule has 7 nitrogen and oxygen atoms in total. The number of nitrogens with one attached hydrogen (secondary N) is 1. The first-order valence-electron chi connectivity index (χ1n) is 13.0. The summed E-state index contributed by atoms with van der Waals surface area (Å²) in [6.07, 6.45) is 6.56. The van der Waals surface area contributed by atoms with Crippen LogP contribution in [0.25, 0.3) is 0 Å². The average Bonchev–Trinajstić information content (AvgIpc) is 2.83. The molecule has 208 valence electrons. The van der Waals surface area contributed by atoms with E-state index in [0.29, 0.717) is 27.7 Å². The lowest BCUT2D eigenvalue weighted by molar-refractivity contribution is -0.140. The lowest BCUT2D eigenvalue weighted by Crippen LogP contribution is -2.54. The molecule has 0 saturated heterocycles. The standard InChI is InChI=1S/C28H37Cl2N3O4S/c1-5-26(28(35)31-22-9-7-6-8-10-22)32(17-21-11-12-24(29)25(30)16-21)27(34)18-33(38(4,36)37)23-14-19(2)13-20(3)15-23/h11-16,22,26H,5-10,17-18H2,1-4H3,(H,31,35)/t26-/m1/s1. The second-order valence-electron chi connectivity index (χ2n) is 10.2. The van der Waals surface area contributed by atoms with Gasteiger partial charge >= 0.3 is 0 Å². The van der Waals surface area contributed by atoms with E-state index in [4.69, 9.17) is 23.2 Å². The summed E-state index contributed by atoms with van der Waals surface area (Å²) in [5.74, 6) is -0.712. The normalized spacial score (nSPS) is 15.1. The van der Waals surface area contributed by atoms with E-state index in [2.05, 4.69) is 5.32 Å². The number of carbonyl (C=O) groups excluding carboxylic acids is 2. The fraction of sp³-hybridized carbons (Fsp3) is 0.500. The van der Waals surface area contributed by atoms with Crippen LogP contribution in [0.1, 0.15) is 62.1 Å². The second-order valence-corrected chi connectivity index (χ2v) is 12.9. The minimum atomic E-state index is -3.79. The zero-order chi connectivity index (χ0) is 28.0. The van der Waals surface area contributed by atoms with Crippen molar-refractivity contribution >= 4 is 50.7 Å². The Labute approximate surface area is 236 Å². The molecule has 0 bridgehead atoms. The molecule has 1 saturated carbocycles. The van der Waals surface area contributed by atoms with E-state index in [1.165, 1.54) is 4.90 Å². The van der Waals surface area contributed by atoms with Crippen LogP contribution in [0.3, 0.4) is 0 Å².